The number of aliphatic hydroxyl groups is 1. The predicted octanol–water partition coefficient (Wildman–Crippen LogP) is 1.99. The van der Waals surface area contributed by atoms with Crippen molar-refractivity contribution in [3.05, 3.63) is 90.0 Å². The van der Waals surface area contributed by atoms with Crippen molar-refractivity contribution in [3.63, 3.8) is 0 Å². The minimum absolute atomic E-state index is 0.0551. The number of carbonyl (C=O) groups is 1. The molecule has 2 heterocycles. The molecule has 158 valence electrons. The smallest absolute Gasteiger partial charge is 0.150 e. The highest BCUT2D eigenvalue weighted by atomic mass is 19.1. The fourth-order valence-electron chi connectivity index (χ4n) is 3.12. The molecule has 31 heavy (non-hydrogen) atoms. The van der Waals surface area contributed by atoms with Crippen LogP contribution in [0.2, 0.25) is 0 Å². The van der Waals surface area contributed by atoms with Gasteiger partial charge in [-0.25, -0.2) is 18.7 Å². The van der Waals surface area contributed by atoms with Crippen LogP contribution in [0.5, 0.6) is 5.75 Å². The Kier molecular flexibility index (Phi) is 5.80. The highest BCUT2D eigenvalue weighted by molar-refractivity contribution is 5.74. The fourth-order valence-corrected chi connectivity index (χ4v) is 3.12. The molecule has 1 atom stereocenters. The van der Waals surface area contributed by atoms with Crippen LogP contribution in [-0.2, 0) is 25.3 Å². The minimum atomic E-state index is -1.43. The maximum absolute atomic E-state index is 13.4. The summed E-state index contributed by atoms with van der Waals surface area (Å²) in [5, 5.41) is 23.6. The number of carbonyl (C=O) groups excluding carboxylic acids is 1. The quantitative estimate of drug-likeness (QED) is 0.411. The van der Waals surface area contributed by atoms with E-state index < -0.39 is 11.4 Å². The van der Waals surface area contributed by atoms with Crippen molar-refractivity contribution in [1.29, 1.82) is 0 Å². The Morgan fingerprint density at radius 1 is 1.06 bits per heavy atom. The molecule has 0 saturated heterocycles. The lowest BCUT2D eigenvalue weighted by Crippen LogP contribution is -2.36. The second-order valence-electron chi connectivity index (χ2n) is 7.01. The molecule has 1 N–H and O–H groups in total. The van der Waals surface area contributed by atoms with Gasteiger partial charge in [-0.2, -0.15) is 5.10 Å². The second-order valence-corrected chi connectivity index (χ2v) is 7.01. The average molecular weight is 422 g/mol. The molecule has 1 unspecified atom stereocenters. The Bertz CT molecular complexity index is 1130. The molecule has 0 aliphatic carbocycles. The van der Waals surface area contributed by atoms with Crippen molar-refractivity contribution in [2.75, 3.05) is 0 Å². The van der Waals surface area contributed by atoms with E-state index in [-0.39, 0.29) is 19.7 Å². The van der Waals surface area contributed by atoms with Gasteiger partial charge in [-0.05, 0) is 42.0 Å². The van der Waals surface area contributed by atoms with Crippen LogP contribution in [-0.4, -0.2) is 41.2 Å². The van der Waals surface area contributed by atoms with E-state index in [4.69, 9.17) is 4.74 Å². The third-order valence-corrected chi connectivity index (χ3v) is 4.68. The Morgan fingerprint density at radius 3 is 2.48 bits per heavy atom. The Labute approximate surface area is 176 Å². The van der Waals surface area contributed by atoms with Crippen molar-refractivity contribution in [1.82, 2.24) is 29.8 Å². The van der Waals surface area contributed by atoms with Crippen LogP contribution in [0.1, 0.15) is 21.6 Å². The van der Waals surface area contributed by atoms with Crippen LogP contribution in [0.25, 0.3) is 0 Å². The Balaban J connectivity index is 1.48. The van der Waals surface area contributed by atoms with Gasteiger partial charge in [0.1, 0.15) is 48.4 Å². The zero-order chi connectivity index (χ0) is 21.7. The largest absolute Gasteiger partial charge is 0.487 e. The first kappa shape index (κ1) is 20.4. The molecule has 0 saturated carbocycles. The Morgan fingerprint density at radius 2 is 1.81 bits per heavy atom. The first-order valence-corrected chi connectivity index (χ1v) is 9.42. The van der Waals surface area contributed by atoms with Crippen LogP contribution >= 0.6 is 0 Å². The van der Waals surface area contributed by atoms with Gasteiger partial charge in [-0.1, -0.05) is 17.3 Å². The fraction of sp³-hybridized carbons (Fsp3) is 0.190. The number of aldehydes is 1. The summed E-state index contributed by atoms with van der Waals surface area (Å²) in [5.74, 6) is 0.197. The molecule has 10 heteroatoms. The first-order valence-electron chi connectivity index (χ1n) is 9.42. The monoisotopic (exact) mass is 422 g/mol. The lowest BCUT2D eigenvalue weighted by molar-refractivity contribution is -0.00583. The summed E-state index contributed by atoms with van der Waals surface area (Å²) >= 11 is 0. The highest BCUT2D eigenvalue weighted by Crippen LogP contribution is 2.26. The summed E-state index contributed by atoms with van der Waals surface area (Å²) in [4.78, 5) is 14.6. The van der Waals surface area contributed by atoms with E-state index in [9.17, 15) is 14.3 Å². The maximum atomic E-state index is 13.4. The number of hydrogen-bond donors (Lipinski definition) is 1. The number of aromatic nitrogens is 6. The first-order chi connectivity index (χ1) is 15.0. The van der Waals surface area contributed by atoms with Gasteiger partial charge in [0.05, 0.1) is 19.3 Å². The van der Waals surface area contributed by atoms with Crippen molar-refractivity contribution in [3.8, 4) is 5.75 Å². The second kappa shape index (κ2) is 8.84. The molecule has 0 spiro atoms. The van der Waals surface area contributed by atoms with Gasteiger partial charge in [-0.3, -0.25) is 4.79 Å². The third-order valence-electron chi connectivity index (χ3n) is 4.68. The van der Waals surface area contributed by atoms with E-state index in [2.05, 4.69) is 20.4 Å². The van der Waals surface area contributed by atoms with E-state index in [1.807, 2.05) is 0 Å². The van der Waals surface area contributed by atoms with Crippen LogP contribution in [0.4, 0.5) is 4.39 Å². The number of ether oxygens (including phenoxy) is 1. The van der Waals surface area contributed by atoms with E-state index in [0.717, 1.165) is 6.29 Å². The lowest BCUT2D eigenvalue weighted by Gasteiger charge is -2.28. The van der Waals surface area contributed by atoms with Gasteiger partial charge in [0, 0.05) is 5.56 Å². The predicted molar refractivity (Wildman–Crippen MR) is 107 cm³/mol. The van der Waals surface area contributed by atoms with Gasteiger partial charge in [0.2, 0.25) is 0 Å². The van der Waals surface area contributed by atoms with Gasteiger partial charge >= 0.3 is 0 Å². The number of nitrogens with zero attached hydrogens (tertiary/aromatic N) is 6. The average Bonchev–Trinajstić information content (AvgIpc) is 3.45. The van der Waals surface area contributed by atoms with E-state index in [1.54, 1.807) is 30.5 Å². The molecular weight excluding hydrogens is 403 g/mol. The van der Waals surface area contributed by atoms with Gasteiger partial charge in [0.15, 0.2) is 0 Å². The SMILES string of the molecule is O=Cc1ccc(OCc2cn(CC(O)(Cn3cncn3)c3ccc(F)cc3)nn2)cc1. The molecule has 0 aliphatic heterocycles. The van der Waals surface area contributed by atoms with Crippen molar-refractivity contribution in [2.24, 2.45) is 0 Å². The maximum Gasteiger partial charge on any atom is 0.150 e. The number of halogens is 1. The van der Waals surface area contributed by atoms with E-state index in [1.165, 1.54) is 46.3 Å². The Hall–Kier alpha value is -3.92. The molecule has 2 aromatic heterocycles. The van der Waals surface area contributed by atoms with Gasteiger partial charge < -0.3 is 9.84 Å². The lowest BCUT2D eigenvalue weighted by atomic mass is 9.93. The van der Waals surface area contributed by atoms with Crippen molar-refractivity contribution >= 4 is 6.29 Å². The molecule has 2 aromatic carbocycles. The molecular formula is C21H19FN6O3. The van der Waals surface area contributed by atoms with Crippen LogP contribution in [0.3, 0.4) is 0 Å². The van der Waals surface area contributed by atoms with Crippen LogP contribution in [0.15, 0.2) is 67.4 Å². The topological polar surface area (TPSA) is 108 Å². The normalized spacial score (nSPS) is 13.0. The van der Waals surface area contributed by atoms with Gasteiger partial charge in [-0.15, -0.1) is 5.10 Å². The molecule has 0 fully saturated rings. The van der Waals surface area contributed by atoms with E-state index in [0.29, 0.717) is 22.6 Å². The summed E-state index contributed by atoms with van der Waals surface area (Å²) in [6.07, 6.45) is 5.29. The standard InChI is InChI=1S/C21H19FN6O3/c22-18-5-3-17(4-6-18)21(30,13-28-15-23-14-24-28)12-27-9-19(25-26-27)11-31-20-7-1-16(10-29)2-8-20/h1-10,14-15,30H,11-13H2. The molecule has 9 nitrogen and oxygen atoms in total. The molecule has 0 aliphatic rings. The zero-order valence-corrected chi connectivity index (χ0v) is 16.4. The summed E-state index contributed by atoms with van der Waals surface area (Å²) in [7, 11) is 0. The van der Waals surface area contributed by atoms with Crippen molar-refractivity contribution < 1.29 is 19.0 Å². The molecule has 0 radical (unpaired) electrons. The summed E-state index contributed by atoms with van der Waals surface area (Å²) in [5.41, 5.74) is 0.193. The van der Waals surface area contributed by atoms with E-state index >= 15 is 0 Å². The third kappa shape index (κ3) is 4.98. The molecule has 0 amide bonds. The molecule has 4 aromatic rings. The number of rotatable bonds is 9. The number of hydrogen-bond acceptors (Lipinski definition) is 7. The molecule has 0 bridgehead atoms. The van der Waals surface area contributed by atoms with Crippen LogP contribution < -0.4 is 4.74 Å². The number of benzene rings is 2. The van der Waals surface area contributed by atoms with Crippen LogP contribution in [0, 0.1) is 5.82 Å². The highest BCUT2D eigenvalue weighted by Gasteiger charge is 2.32. The van der Waals surface area contributed by atoms with Crippen molar-refractivity contribution in [2.45, 2.75) is 25.3 Å². The minimum Gasteiger partial charge on any atom is -0.487 e. The molecule has 4 rings (SSSR count). The summed E-state index contributed by atoms with van der Waals surface area (Å²) in [6, 6.07) is 12.3. The zero-order valence-electron chi connectivity index (χ0n) is 16.4. The summed E-state index contributed by atoms with van der Waals surface area (Å²) in [6.45, 7) is 0.311. The van der Waals surface area contributed by atoms with Gasteiger partial charge in [0.25, 0.3) is 0 Å². The summed E-state index contributed by atoms with van der Waals surface area (Å²) < 4.78 is 22.0.